The lowest BCUT2D eigenvalue weighted by atomic mass is 9.90. The molecule has 4 unspecified atom stereocenters. The van der Waals surface area contributed by atoms with E-state index in [4.69, 9.17) is 18.9 Å². The van der Waals surface area contributed by atoms with Crippen molar-refractivity contribution in [3.05, 3.63) is 23.5 Å². The fourth-order valence-electron chi connectivity index (χ4n) is 3.79. The van der Waals surface area contributed by atoms with Crippen molar-refractivity contribution in [2.75, 3.05) is 52.6 Å². The molecule has 0 spiro atoms. The molecule has 1 saturated carbocycles. The van der Waals surface area contributed by atoms with Gasteiger partial charge in [0.25, 0.3) is 0 Å². The minimum atomic E-state index is 0.414. The number of epoxide rings is 4. The maximum atomic E-state index is 5.46. The highest BCUT2D eigenvalue weighted by atomic mass is 16.6. The van der Waals surface area contributed by atoms with Gasteiger partial charge < -0.3 is 28.7 Å². The Labute approximate surface area is 155 Å². The normalized spacial score (nSPS) is 37.7. The highest BCUT2D eigenvalue weighted by Gasteiger charge is 2.31. The third-order valence-electron chi connectivity index (χ3n) is 5.59. The summed E-state index contributed by atoms with van der Waals surface area (Å²) in [5, 5.41) is 0. The molecule has 0 bridgehead atoms. The van der Waals surface area contributed by atoms with E-state index in [2.05, 4.69) is 22.2 Å². The molecule has 1 aliphatic carbocycles. The second-order valence-corrected chi connectivity index (χ2v) is 8.24. The first-order valence-electron chi connectivity index (χ1n) is 10.2. The highest BCUT2D eigenvalue weighted by molar-refractivity contribution is 5.32. The van der Waals surface area contributed by atoms with Gasteiger partial charge in [0.05, 0.1) is 50.8 Å². The summed E-state index contributed by atoms with van der Waals surface area (Å²) < 4.78 is 21.8. The molecule has 144 valence electrons. The van der Waals surface area contributed by atoms with E-state index in [1.165, 1.54) is 36.8 Å². The lowest BCUT2D eigenvalue weighted by Gasteiger charge is -2.27. The average molecular weight is 362 g/mol. The van der Waals surface area contributed by atoms with Gasteiger partial charge in [0.2, 0.25) is 0 Å². The van der Waals surface area contributed by atoms with Gasteiger partial charge >= 0.3 is 0 Å². The lowest BCUT2D eigenvalue weighted by Crippen LogP contribution is -2.29. The molecule has 4 heterocycles. The van der Waals surface area contributed by atoms with Gasteiger partial charge in [-0.15, -0.1) is 0 Å². The summed E-state index contributed by atoms with van der Waals surface area (Å²) in [6.07, 6.45) is 11.4. The maximum absolute atomic E-state index is 5.46. The van der Waals surface area contributed by atoms with Crippen LogP contribution in [0.25, 0.3) is 0 Å². The van der Waals surface area contributed by atoms with Crippen LogP contribution in [0, 0.1) is 0 Å². The van der Waals surface area contributed by atoms with Crippen LogP contribution in [0.4, 0.5) is 0 Å². The number of rotatable bonds is 10. The van der Waals surface area contributed by atoms with E-state index < -0.39 is 0 Å². The summed E-state index contributed by atoms with van der Waals surface area (Å²) in [6, 6.07) is 0. The summed E-state index contributed by atoms with van der Waals surface area (Å²) in [4.78, 5) is 4.87. The summed E-state index contributed by atoms with van der Waals surface area (Å²) in [5.74, 6) is 0. The molecule has 5 fully saturated rings. The summed E-state index contributed by atoms with van der Waals surface area (Å²) in [6.45, 7) is 7.60. The molecule has 4 atom stereocenters. The zero-order chi connectivity index (χ0) is 17.3. The quantitative estimate of drug-likeness (QED) is 0.550. The average Bonchev–Trinajstić information content (AvgIpc) is 3.40. The van der Waals surface area contributed by atoms with Gasteiger partial charge in [0.1, 0.15) is 0 Å². The minimum Gasteiger partial charge on any atom is -0.372 e. The van der Waals surface area contributed by atoms with Crippen LogP contribution >= 0.6 is 0 Å². The minimum absolute atomic E-state index is 0.414. The van der Waals surface area contributed by atoms with E-state index in [9.17, 15) is 0 Å². The Morgan fingerprint density at radius 3 is 1.19 bits per heavy atom. The third-order valence-corrected chi connectivity index (χ3v) is 5.59. The molecule has 0 amide bonds. The Hall–Kier alpha value is -1.08. The summed E-state index contributed by atoms with van der Waals surface area (Å²) >= 11 is 0. The lowest BCUT2D eigenvalue weighted by molar-refractivity contribution is 0.274. The van der Waals surface area contributed by atoms with Crippen LogP contribution in [0.15, 0.2) is 23.5 Å². The Morgan fingerprint density at radius 2 is 0.923 bits per heavy atom. The fraction of sp³-hybridized carbons (Fsp3) is 0.800. The molecule has 5 aliphatic rings. The van der Waals surface area contributed by atoms with Gasteiger partial charge in [0, 0.05) is 38.6 Å². The van der Waals surface area contributed by atoms with Crippen LogP contribution in [-0.2, 0) is 18.9 Å². The van der Waals surface area contributed by atoms with Crippen LogP contribution in [-0.4, -0.2) is 86.8 Å². The number of ether oxygens (including phenoxy) is 4. The van der Waals surface area contributed by atoms with E-state index in [0.717, 1.165) is 52.6 Å². The van der Waals surface area contributed by atoms with E-state index >= 15 is 0 Å². The van der Waals surface area contributed by atoms with Crippen LogP contribution < -0.4 is 0 Å². The summed E-state index contributed by atoms with van der Waals surface area (Å²) in [5.41, 5.74) is 2.99. The largest absolute Gasteiger partial charge is 0.372 e. The van der Waals surface area contributed by atoms with E-state index in [-0.39, 0.29) is 0 Å². The van der Waals surface area contributed by atoms with Gasteiger partial charge in [-0.25, -0.2) is 0 Å². The van der Waals surface area contributed by atoms with Crippen LogP contribution in [0.5, 0.6) is 0 Å². The SMILES string of the molecule is C(=C1CCCCC1=CN(CC1CO1)CC1CO1)N(CC1CO1)CC1CO1. The second kappa shape index (κ2) is 7.50. The predicted octanol–water partition coefficient (Wildman–Crippen LogP) is 1.53. The molecule has 0 N–H and O–H groups in total. The zero-order valence-corrected chi connectivity index (χ0v) is 15.5. The number of allylic oxidation sites excluding steroid dienone is 2. The summed E-state index contributed by atoms with van der Waals surface area (Å²) in [7, 11) is 0. The molecular formula is C20H30N2O4. The first-order chi connectivity index (χ1) is 12.8. The van der Waals surface area contributed by atoms with Crippen molar-refractivity contribution in [3.8, 4) is 0 Å². The predicted molar refractivity (Wildman–Crippen MR) is 96.7 cm³/mol. The third kappa shape index (κ3) is 5.22. The molecule has 0 aromatic carbocycles. The number of nitrogens with zero attached hydrogens (tertiary/aromatic N) is 2. The van der Waals surface area contributed by atoms with Crippen molar-refractivity contribution in [1.82, 2.24) is 9.80 Å². The van der Waals surface area contributed by atoms with E-state index in [0.29, 0.717) is 24.4 Å². The monoisotopic (exact) mass is 362 g/mol. The Balaban J connectivity index is 1.30. The standard InChI is InChI=1S/C20H30N2O4/c1-2-4-16(6-22(9-19-13-25-19)10-20-14-26-20)15(3-1)5-21(7-17-11-23-17)8-18-12-24-18/h5-6,17-20H,1-4,7-14H2. The van der Waals surface area contributed by atoms with Crippen molar-refractivity contribution < 1.29 is 18.9 Å². The molecule has 0 radical (unpaired) electrons. The first kappa shape index (κ1) is 17.0. The van der Waals surface area contributed by atoms with Gasteiger partial charge in [-0.1, -0.05) is 0 Å². The molecule has 0 aromatic heterocycles. The topological polar surface area (TPSA) is 56.6 Å². The van der Waals surface area contributed by atoms with Crippen LogP contribution in [0.3, 0.4) is 0 Å². The Morgan fingerprint density at radius 1 is 0.615 bits per heavy atom. The van der Waals surface area contributed by atoms with Crippen molar-refractivity contribution in [2.45, 2.75) is 50.1 Å². The highest BCUT2D eigenvalue weighted by Crippen LogP contribution is 2.31. The van der Waals surface area contributed by atoms with Crippen molar-refractivity contribution in [2.24, 2.45) is 0 Å². The van der Waals surface area contributed by atoms with E-state index in [1.807, 2.05) is 0 Å². The van der Waals surface area contributed by atoms with Gasteiger partial charge in [0.15, 0.2) is 0 Å². The molecule has 6 heteroatoms. The van der Waals surface area contributed by atoms with Crippen LogP contribution in [0.2, 0.25) is 0 Å². The smallest absolute Gasteiger partial charge is 0.0984 e. The molecule has 0 aromatic rings. The van der Waals surface area contributed by atoms with E-state index in [1.54, 1.807) is 0 Å². The van der Waals surface area contributed by atoms with Crippen LogP contribution in [0.1, 0.15) is 25.7 Å². The molecule has 26 heavy (non-hydrogen) atoms. The maximum Gasteiger partial charge on any atom is 0.0984 e. The molecule has 5 rings (SSSR count). The zero-order valence-electron chi connectivity index (χ0n) is 15.5. The second-order valence-electron chi connectivity index (χ2n) is 8.24. The number of hydrogen-bond donors (Lipinski definition) is 0. The Bertz CT molecular complexity index is 484. The van der Waals surface area contributed by atoms with Gasteiger partial charge in [-0.05, 0) is 36.8 Å². The number of hydrogen-bond acceptors (Lipinski definition) is 6. The molecule has 4 aliphatic heterocycles. The fourth-order valence-corrected chi connectivity index (χ4v) is 3.79. The van der Waals surface area contributed by atoms with Crippen molar-refractivity contribution in [1.29, 1.82) is 0 Å². The molecule has 6 nitrogen and oxygen atoms in total. The van der Waals surface area contributed by atoms with Crippen molar-refractivity contribution >= 4 is 0 Å². The first-order valence-corrected chi connectivity index (χ1v) is 10.2. The van der Waals surface area contributed by atoms with Gasteiger partial charge in [-0.3, -0.25) is 0 Å². The molecular weight excluding hydrogens is 332 g/mol. The Kier molecular flexibility index (Phi) is 4.92. The molecule has 4 saturated heterocycles. The van der Waals surface area contributed by atoms with Crippen molar-refractivity contribution in [3.63, 3.8) is 0 Å². The van der Waals surface area contributed by atoms with Gasteiger partial charge in [-0.2, -0.15) is 0 Å².